The third-order valence-corrected chi connectivity index (χ3v) is 4.62. The maximum atomic E-state index is 14.0. The van der Waals surface area contributed by atoms with Crippen molar-refractivity contribution in [2.45, 2.75) is 12.6 Å². The number of imidazole rings is 1. The summed E-state index contributed by atoms with van der Waals surface area (Å²) in [4.78, 5) is 9.88. The van der Waals surface area contributed by atoms with Gasteiger partial charge in [-0.05, 0) is 18.2 Å². The highest BCUT2D eigenvalue weighted by Gasteiger charge is 2.27. The van der Waals surface area contributed by atoms with Crippen LogP contribution in [0.25, 0.3) is 11.3 Å². The van der Waals surface area contributed by atoms with E-state index in [0.29, 0.717) is 31.9 Å². The molecule has 1 fully saturated rings. The molecular formula is C20H19F2N3O. The lowest BCUT2D eigenvalue weighted by molar-refractivity contribution is -0.0160. The number of hydrogen-bond donors (Lipinski definition) is 1. The summed E-state index contributed by atoms with van der Waals surface area (Å²) in [6.45, 7) is 2.25. The quantitative estimate of drug-likeness (QED) is 0.771. The fraction of sp³-hybridized carbons (Fsp3) is 0.250. The van der Waals surface area contributed by atoms with Gasteiger partial charge in [0.25, 0.3) is 0 Å². The van der Waals surface area contributed by atoms with Crippen molar-refractivity contribution in [2.75, 3.05) is 19.8 Å². The Bertz CT molecular complexity index is 896. The van der Waals surface area contributed by atoms with Crippen LogP contribution < -0.4 is 0 Å². The Balaban J connectivity index is 1.58. The molecule has 26 heavy (non-hydrogen) atoms. The number of morpholine rings is 1. The van der Waals surface area contributed by atoms with Crippen molar-refractivity contribution in [3.8, 4) is 11.3 Å². The van der Waals surface area contributed by atoms with E-state index in [4.69, 9.17) is 4.74 Å². The van der Waals surface area contributed by atoms with E-state index in [1.54, 1.807) is 24.4 Å². The first-order valence-electron chi connectivity index (χ1n) is 8.57. The van der Waals surface area contributed by atoms with E-state index in [-0.39, 0.29) is 17.7 Å². The van der Waals surface area contributed by atoms with E-state index < -0.39 is 0 Å². The number of nitrogens with one attached hydrogen (secondary N) is 1. The molecule has 1 aromatic heterocycles. The lowest BCUT2D eigenvalue weighted by atomic mass is 10.1. The number of nitrogens with zero attached hydrogens (tertiary/aromatic N) is 2. The molecule has 1 atom stereocenters. The minimum atomic E-state index is -0.291. The molecular weight excluding hydrogens is 336 g/mol. The Kier molecular flexibility index (Phi) is 4.77. The first kappa shape index (κ1) is 16.9. The molecule has 4 nitrogen and oxygen atoms in total. The summed E-state index contributed by atoms with van der Waals surface area (Å²) in [6, 6.07) is 13.1. The molecule has 6 heteroatoms. The van der Waals surface area contributed by atoms with Gasteiger partial charge in [-0.1, -0.05) is 30.3 Å². The molecule has 1 saturated heterocycles. The van der Waals surface area contributed by atoms with Crippen LogP contribution in [-0.4, -0.2) is 34.6 Å². The molecule has 0 radical (unpaired) electrons. The van der Waals surface area contributed by atoms with Gasteiger partial charge in [0.1, 0.15) is 17.5 Å². The third-order valence-electron chi connectivity index (χ3n) is 4.62. The van der Waals surface area contributed by atoms with Gasteiger partial charge in [0.05, 0.1) is 31.1 Å². The third kappa shape index (κ3) is 3.52. The summed E-state index contributed by atoms with van der Waals surface area (Å²) in [5.41, 5.74) is 2.13. The Morgan fingerprint density at radius 2 is 2.04 bits per heavy atom. The van der Waals surface area contributed by atoms with Gasteiger partial charge in [-0.25, -0.2) is 13.8 Å². The molecule has 1 N–H and O–H groups in total. The van der Waals surface area contributed by atoms with Crippen molar-refractivity contribution in [2.24, 2.45) is 0 Å². The SMILES string of the molecule is Fc1cccc(-c2cnc(C3COCCN3Cc3ccccc3F)[nH]2)c1. The van der Waals surface area contributed by atoms with Gasteiger partial charge in [0.15, 0.2) is 0 Å². The van der Waals surface area contributed by atoms with E-state index in [9.17, 15) is 8.78 Å². The lowest BCUT2D eigenvalue weighted by Crippen LogP contribution is -2.39. The average molecular weight is 355 g/mol. The number of aromatic amines is 1. The van der Waals surface area contributed by atoms with E-state index in [1.165, 1.54) is 18.2 Å². The highest BCUT2D eigenvalue weighted by Crippen LogP contribution is 2.27. The minimum Gasteiger partial charge on any atom is -0.378 e. The maximum absolute atomic E-state index is 14.0. The van der Waals surface area contributed by atoms with Gasteiger partial charge < -0.3 is 9.72 Å². The van der Waals surface area contributed by atoms with Crippen LogP contribution in [0.1, 0.15) is 17.4 Å². The second-order valence-electron chi connectivity index (χ2n) is 6.35. The zero-order valence-corrected chi connectivity index (χ0v) is 14.2. The van der Waals surface area contributed by atoms with Gasteiger partial charge in [-0.15, -0.1) is 0 Å². The molecule has 0 bridgehead atoms. The fourth-order valence-electron chi connectivity index (χ4n) is 3.23. The zero-order chi connectivity index (χ0) is 17.9. The standard InChI is InChI=1S/C20H19F2N3O/c21-16-6-3-5-14(10-16)18-11-23-20(24-18)19-13-26-9-8-25(19)12-15-4-1-2-7-17(15)22/h1-7,10-11,19H,8-9,12-13H2,(H,23,24). The number of rotatable bonds is 4. The predicted octanol–water partition coefficient (Wildman–Crippen LogP) is 3.93. The highest BCUT2D eigenvalue weighted by atomic mass is 19.1. The molecule has 3 aromatic rings. The van der Waals surface area contributed by atoms with Crippen molar-refractivity contribution in [1.82, 2.24) is 14.9 Å². The van der Waals surface area contributed by atoms with Crippen LogP contribution in [0.4, 0.5) is 8.78 Å². The Morgan fingerprint density at radius 3 is 2.88 bits per heavy atom. The number of H-pyrrole nitrogens is 1. The summed E-state index contributed by atoms with van der Waals surface area (Å²) in [5.74, 6) is 0.235. The van der Waals surface area contributed by atoms with Crippen molar-refractivity contribution in [3.05, 3.63) is 77.8 Å². The Hall–Kier alpha value is -2.57. The maximum Gasteiger partial charge on any atom is 0.127 e. The van der Waals surface area contributed by atoms with Crippen LogP contribution in [0, 0.1) is 11.6 Å². The second kappa shape index (κ2) is 7.35. The molecule has 0 aliphatic carbocycles. The molecule has 1 aliphatic heterocycles. The molecule has 134 valence electrons. The highest BCUT2D eigenvalue weighted by molar-refractivity contribution is 5.58. The Morgan fingerprint density at radius 1 is 1.15 bits per heavy atom. The fourth-order valence-corrected chi connectivity index (χ4v) is 3.23. The summed E-state index contributed by atoms with van der Waals surface area (Å²) in [6.07, 6.45) is 1.69. The van der Waals surface area contributed by atoms with Gasteiger partial charge in [-0.2, -0.15) is 0 Å². The molecule has 0 amide bonds. The van der Waals surface area contributed by atoms with Gasteiger partial charge in [0, 0.05) is 24.2 Å². The number of halogens is 2. The summed E-state index contributed by atoms with van der Waals surface area (Å²) in [5, 5.41) is 0. The molecule has 1 unspecified atom stereocenters. The van der Waals surface area contributed by atoms with Crippen molar-refractivity contribution in [1.29, 1.82) is 0 Å². The van der Waals surface area contributed by atoms with Crippen LogP contribution in [0.2, 0.25) is 0 Å². The van der Waals surface area contributed by atoms with Crippen LogP contribution in [0.5, 0.6) is 0 Å². The minimum absolute atomic E-state index is 0.106. The zero-order valence-electron chi connectivity index (χ0n) is 14.2. The van der Waals surface area contributed by atoms with Crippen molar-refractivity contribution in [3.63, 3.8) is 0 Å². The van der Waals surface area contributed by atoms with Crippen molar-refractivity contribution >= 4 is 0 Å². The van der Waals surface area contributed by atoms with Crippen LogP contribution in [0.3, 0.4) is 0 Å². The van der Waals surface area contributed by atoms with Crippen molar-refractivity contribution < 1.29 is 13.5 Å². The number of hydrogen-bond acceptors (Lipinski definition) is 3. The number of ether oxygens (including phenoxy) is 1. The number of benzene rings is 2. The van der Waals surface area contributed by atoms with Gasteiger partial charge in [0.2, 0.25) is 0 Å². The molecule has 2 aromatic carbocycles. The average Bonchev–Trinajstić information content (AvgIpc) is 3.14. The first-order chi connectivity index (χ1) is 12.7. The topological polar surface area (TPSA) is 41.1 Å². The molecule has 2 heterocycles. The number of aromatic nitrogens is 2. The summed E-state index contributed by atoms with van der Waals surface area (Å²) < 4.78 is 33.1. The Labute approximate surface area is 150 Å². The summed E-state index contributed by atoms with van der Waals surface area (Å²) >= 11 is 0. The monoisotopic (exact) mass is 355 g/mol. The van der Waals surface area contributed by atoms with E-state index in [1.807, 2.05) is 12.1 Å². The summed E-state index contributed by atoms with van der Waals surface area (Å²) in [7, 11) is 0. The van der Waals surface area contributed by atoms with Gasteiger partial charge >= 0.3 is 0 Å². The van der Waals surface area contributed by atoms with Crippen LogP contribution in [-0.2, 0) is 11.3 Å². The smallest absolute Gasteiger partial charge is 0.127 e. The molecule has 1 aliphatic rings. The second-order valence-corrected chi connectivity index (χ2v) is 6.35. The largest absolute Gasteiger partial charge is 0.378 e. The predicted molar refractivity (Wildman–Crippen MR) is 94.4 cm³/mol. The normalized spacial score (nSPS) is 18.2. The molecule has 0 saturated carbocycles. The molecule has 4 rings (SSSR count). The van der Waals surface area contributed by atoms with E-state index >= 15 is 0 Å². The van der Waals surface area contributed by atoms with E-state index in [0.717, 1.165) is 17.1 Å². The first-order valence-corrected chi connectivity index (χ1v) is 8.57. The van der Waals surface area contributed by atoms with Crippen LogP contribution in [0.15, 0.2) is 54.7 Å². The van der Waals surface area contributed by atoms with Crippen LogP contribution >= 0.6 is 0 Å². The van der Waals surface area contributed by atoms with Gasteiger partial charge in [-0.3, -0.25) is 4.90 Å². The van der Waals surface area contributed by atoms with E-state index in [2.05, 4.69) is 14.9 Å². The molecule has 0 spiro atoms. The lowest BCUT2D eigenvalue weighted by Gasteiger charge is -2.34.